The van der Waals surface area contributed by atoms with Gasteiger partial charge in [0.2, 0.25) is 5.91 Å². The third-order valence-electron chi connectivity index (χ3n) is 4.82. The molecule has 0 aromatic heterocycles. The molecule has 1 aliphatic heterocycles. The molecule has 0 saturated carbocycles. The van der Waals surface area contributed by atoms with Crippen molar-refractivity contribution >= 4 is 23.6 Å². The standard InChI is InChI=1S/C23H27N3O4/c1-14(24-22(29)30-23(2,3)4)20(27)25-19-17-12-7-6-10-15(17)16-11-8-9-13-18(16)26(5)21(19)28/h6-14,19H,1-5H3,(H,24,29)(H,25,27)/t14-,19+/m0/s1. The Labute approximate surface area is 176 Å². The smallest absolute Gasteiger partial charge is 0.408 e. The second kappa shape index (κ2) is 8.18. The molecule has 7 nitrogen and oxygen atoms in total. The summed E-state index contributed by atoms with van der Waals surface area (Å²) in [6.45, 7) is 6.77. The van der Waals surface area contributed by atoms with E-state index in [1.54, 1.807) is 39.6 Å². The number of rotatable bonds is 3. The van der Waals surface area contributed by atoms with Crippen molar-refractivity contribution < 1.29 is 19.1 Å². The van der Waals surface area contributed by atoms with Gasteiger partial charge in [-0.15, -0.1) is 0 Å². The first-order chi connectivity index (χ1) is 14.1. The summed E-state index contributed by atoms with van der Waals surface area (Å²) in [5.74, 6) is -0.737. The van der Waals surface area contributed by atoms with Crippen LogP contribution in [0.2, 0.25) is 0 Å². The van der Waals surface area contributed by atoms with E-state index >= 15 is 0 Å². The number of carbonyl (C=O) groups is 3. The number of likely N-dealkylation sites (N-methyl/N-ethyl adjacent to an activating group) is 1. The van der Waals surface area contributed by atoms with Gasteiger partial charge in [0, 0.05) is 12.6 Å². The van der Waals surface area contributed by atoms with E-state index in [4.69, 9.17) is 4.74 Å². The van der Waals surface area contributed by atoms with Crippen LogP contribution in [0.15, 0.2) is 48.5 Å². The molecule has 1 heterocycles. The minimum atomic E-state index is -0.881. The predicted molar refractivity (Wildman–Crippen MR) is 115 cm³/mol. The summed E-state index contributed by atoms with van der Waals surface area (Å²) in [4.78, 5) is 39.6. The predicted octanol–water partition coefficient (Wildman–Crippen LogP) is 3.40. The largest absolute Gasteiger partial charge is 0.444 e. The van der Waals surface area contributed by atoms with Crippen LogP contribution < -0.4 is 15.5 Å². The van der Waals surface area contributed by atoms with E-state index in [0.717, 1.165) is 16.8 Å². The summed E-state index contributed by atoms with van der Waals surface area (Å²) < 4.78 is 5.20. The zero-order chi connectivity index (χ0) is 22.1. The first-order valence-electron chi connectivity index (χ1n) is 9.84. The van der Waals surface area contributed by atoms with Crippen molar-refractivity contribution in [3.63, 3.8) is 0 Å². The van der Waals surface area contributed by atoms with Crippen molar-refractivity contribution in [1.29, 1.82) is 0 Å². The lowest BCUT2D eigenvalue weighted by atomic mass is 9.95. The highest BCUT2D eigenvalue weighted by Crippen LogP contribution is 2.39. The van der Waals surface area contributed by atoms with Crippen LogP contribution in [0, 0.1) is 0 Å². The summed E-state index contributed by atoms with van der Waals surface area (Å²) in [5.41, 5.74) is 2.60. The Balaban J connectivity index is 1.86. The lowest BCUT2D eigenvalue weighted by molar-refractivity contribution is -0.128. The molecule has 2 N–H and O–H groups in total. The SMILES string of the molecule is C[C@H](NC(=O)OC(C)(C)C)C(=O)N[C@H]1C(=O)N(C)c2ccccc2-c2ccccc21. The number of alkyl carbamates (subject to hydrolysis) is 1. The highest BCUT2D eigenvalue weighted by molar-refractivity contribution is 6.06. The minimum absolute atomic E-state index is 0.259. The quantitative estimate of drug-likeness (QED) is 0.813. The molecule has 158 valence electrons. The Hall–Kier alpha value is -3.35. The van der Waals surface area contributed by atoms with Gasteiger partial charge in [-0.25, -0.2) is 4.79 Å². The Kier molecular flexibility index (Phi) is 5.82. The molecule has 2 aromatic carbocycles. The number of ether oxygens (including phenoxy) is 1. The fourth-order valence-electron chi connectivity index (χ4n) is 3.39. The number of nitrogens with zero attached hydrogens (tertiary/aromatic N) is 1. The molecule has 3 rings (SSSR count). The van der Waals surface area contributed by atoms with Gasteiger partial charge in [0.25, 0.3) is 5.91 Å². The van der Waals surface area contributed by atoms with Crippen molar-refractivity contribution in [2.24, 2.45) is 0 Å². The monoisotopic (exact) mass is 409 g/mol. The molecule has 0 aliphatic carbocycles. The number of para-hydroxylation sites is 1. The first-order valence-corrected chi connectivity index (χ1v) is 9.84. The number of hydrogen-bond acceptors (Lipinski definition) is 4. The summed E-state index contributed by atoms with van der Waals surface area (Å²) in [6, 6.07) is 13.4. The van der Waals surface area contributed by atoms with E-state index in [2.05, 4.69) is 10.6 Å². The first kappa shape index (κ1) is 21.4. The molecule has 0 spiro atoms. The van der Waals surface area contributed by atoms with Crippen molar-refractivity contribution in [2.45, 2.75) is 45.4 Å². The molecule has 7 heteroatoms. The molecule has 2 aromatic rings. The third kappa shape index (κ3) is 4.45. The summed E-state index contributed by atoms with van der Waals surface area (Å²) in [5, 5.41) is 5.31. The number of hydrogen-bond donors (Lipinski definition) is 2. The van der Waals surface area contributed by atoms with Gasteiger partial charge >= 0.3 is 6.09 Å². The molecule has 3 amide bonds. The van der Waals surface area contributed by atoms with Gasteiger partial charge in [0.05, 0.1) is 5.69 Å². The van der Waals surface area contributed by atoms with Crippen LogP contribution in [0.3, 0.4) is 0 Å². The molecule has 0 unspecified atom stereocenters. The fourth-order valence-corrected chi connectivity index (χ4v) is 3.39. The Morgan fingerprint density at radius 1 is 1.03 bits per heavy atom. The molecule has 0 radical (unpaired) electrons. The number of nitrogens with one attached hydrogen (secondary N) is 2. The second-order valence-electron chi connectivity index (χ2n) is 8.31. The van der Waals surface area contributed by atoms with Gasteiger partial charge in [0.1, 0.15) is 17.7 Å². The van der Waals surface area contributed by atoms with Crippen molar-refractivity contribution in [3.8, 4) is 11.1 Å². The molecule has 30 heavy (non-hydrogen) atoms. The number of benzene rings is 2. The second-order valence-corrected chi connectivity index (χ2v) is 8.31. The highest BCUT2D eigenvalue weighted by Gasteiger charge is 2.34. The molecule has 0 fully saturated rings. The van der Waals surface area contributed by atoms with Gasteiger partial charge in [0.15, 0.2) is 0 Å². The molecular weight excluding hydrogens is 382 g/mol. The van der Waals surface area contributed by atoms with Crippen LogP contribution in [-0.4, -0.2) is 36.6 Å². The van der Waals surface area contributed by atoms with Crippen LogP contribution >= 0.6 is 0 Å². The average molecular weight is 409 g/mol. The van der Waals surface area contributed by atoms with E-state index in [0.29, 0.717) is 5.56 Å². The van der Waals surface area contributed by atoms with Gasteiger partial charge in [-0.05, 0) is 44.9 Å². The highest BCUT2D eigenvalue weighted by atomic mass is 16.6. The fraction of sp³-hybridized carbons (Fsp3) is 0.348. The van der Waals surface area contributed by atoms with Crippen LogP contribution in [-0.2, 0) is 14.3 Å². The van der Waals surface area contributed by atoms with E-state index in [1.165, 1.54) is 0 Å². The minimum Gasteiger partial charge on any atom is -0.444 e. The summed E-state index contributed by atoms with van der Waals surface area (Å²) >= 11 is 0. The topological polar surface area (TPSA) is 87.7 Å². The number of fused-ring (bicyclic) bond motifs is 3. The Morgan fingerprint density at radius 3 is 2.30 bits per heavy atom. The van der Waals surface area contributed by atoms with E-state index in [9.17, 15) is 14.4 Å². The maximum Gasteiger partial charge on any atom is 0.408 e. The van der Waals surface area contributed by atoms with Gasteiger partial charge in [-0.3, -0.25) is 9.59 Å². The van der Waals surface area contributed by atoms with Crippen molar-refractivity contribution in [3.05, 3.63) is 54.1 Å². The zero-order valence-corrected chi connectivity index (χ0v) is 17.9. The van der Waals surface area contributed by atoms with E-state index < -0.39 is 29.7 Å². The van der Waals surface area contributed by atoms with Gasteiger partial charge in [-0.1, -0.05) is 42.5 Å². The lowest BCUT2D eigenvalue weighted by Crippen LogP contribution is -2.49. The normalized spacial score (nSPS) is 16.6. The Morgan fingerprint density at radius 2 is 1.63 bits per heavy atom. The maximum absolute atomic E-state index is 13.2. The summed E-state index contributed by atoms with van der Waals surface area (Å²) in [7, 11) is 1.69. The van der Waals surface area contributed by atoms with Gasteiger partial charge < -0.3 is 20.3 Å². The van der Waals surface area contributed by atoms with E-state index in [1.807, 2.05) is 48.5 Å². The number of carbonyl (C=O) groups excluding carboxylic acids is 3. The molecule has 1 aliphatic rings. The average Bonchev–Trinajstić information content (AvgIpc) is 2.76. The van der Waals surface area contributed by atoms with Crippen LogP contribution in [0.1, 0.15) is 39.3 Å². The lowest BCUT2D eigenvalue weighted by Gasteiger charge is -2.25. The van der Waals surface area contributed by atoms with Crippen LogP contribution in [0.4, 0.5) is 10.5 Å². The number of anilines is 1. The molecule has 2 atom stereocenters. The molecule has 0 saturated heterocycles. The van der Waals surface area contributed by atoms with Crippen LogP contribution in [0.5, 0.6) is 0 Å². The summed E-state index contributed by atoms with van der Waals surface area (Å²) in [6.07, 6.45) is -0.692. The number of amides is 3. The van der Waals surface area contributed by atoms with Crippen LogP contribution in [0.25, 0.3) is 11.1 Å². The third-order valence-corrected chi connectivity index (χ3v) is 4.82. The molecule has 0 bridgehead atoms. The maximum atomic E-state index is 13.2. The molecular formula is C23H27N3O4. The van der Waals surface area contributed by atoms with Crippen molar-refractivity contribution in [2.75, 3.05) is 11.9 Å². The Bertz CT molecular complexity index is 980. The van der Waals surface area contributed by atoms with Gasteiger partial charge in [-0.2, -0.15) is 0 Å². The zero-order valence-electron chi connectivity index (χ0n) is 17.9. The van der Waals surface area contributed by atoms with E-state index in [-0.39, 0.29) is 5.91 Å². The van der Waals surface area contributed by atoms with Crippen molar-refractivity contribution in [1.82, 2.24) is 10.6 Å².